The van der Waals surface area contributed by atoms with Crippen molar-refractivity contribution in [2.24, 2.45) is 0 Å². The van der Waals surface area contributed by atoms with Crippen LogP contribution in [0.4, 0.5) is 0 Å². The van der Waals surface area contributed by atoms with Gasteiger partial charge in [-0.25, -0.2) is 0 Å². The van der Waals surface area contributed by atoms with E-state index in [1.54, 1.807) is 6.08 Å². The Morgan fingerprint density at radius 2 is 2.36 bits per heavy atom. The normalized spacial score (nSPS) is 22.0. The zero-order valence-electron chi connectivity index (χ0n) is 8.95. The molecule has 0 aromatic rings. The van der Waals surface area contributed by atoms with Crippen LogP contribution in [0.2, 0.25) is 0 Å². The summed E-state index contributed by atoms with van der Waals surface area (Å²) in [4.78, 5) is 0. The van der Waals surface area contributed by atoms with E-state index >= 15 is 0 Å². The first-order valence-electron chi connectivity index (χ1n) is 5.04. The van der Waals surface area contributed by atoms with Crippen LogP contribution in [0.15, 0.2) is 36.1 Å². The van der Waals surface area contributed by atoms with Crippen LogP contribution >= 0.6 is 0 Å². The van der Waals surface area contributed by atoms with Crippen LogP contribution in [0.3, 0.4) is 0 Å². The summed E-state index contributed by atoms with van der Waals surface area (Å²) in [5, 5.41) is 0. The fraction of sp³-hybridized carbons (Fsp3) is 0.500. The second kappa shape index (κ2) is 5.66. The zero-order valence-corrected chi connectivity index (χ0v) is 8.95. The van der Waals surface area contributed by atoms with Gasteiger partial charge in [-0.15, -0.1) is 0 Å². The highest BCUT2D eigenvalue weighted by Crippen LogP contribution is 2.16. The smallest absolute Gasteiger partial charge is 0.122 e. The van der Waals surface area contributed by atoms with Crippen LogP contribution in [0, 0.1) is 0 Å². The van der Waals surface area contributed by atoms with Gasteiger partial charge >= 0.3 is 0 Å². The van der Waals surface area contributed by atoms with Gasteiger partial charge < -0.3 is 9.47 Å². The number of hydrogen-bond donors (Lipinski definition) is 0. The molecule has 1 fully saturated rings. The van der Waals surface area contributed by atoms with Crippen molar-refractivity contribution in [1.82, 2.24) is 0 Å². The maximum absolute atomic E-state index is 5.61. The molecule has 0 N–H and O–H groups in total. The molecule has 0 radical (unpaired) electrons. The summed E-state index contributed by atoms with van der Waals surface area (Å²) in [6.07, 6.45) is 7.09. The number of ether oxygens (including phenoxy) is 2. The quantitative estimate of drug-likeness (QED) is 0.368. The highest BCUT2D eigenvalue weighted by atomic mass is 16.6. The molecule has 78 valence electrons. The zero-order chi connectivity index (χ0) is 10.4. The van der Waals surface area contributed by atoms with E-state index in [1.165, 1.54) is 5.57 Å². The van der Waals surface area contributed by atoms with E-state index in [1.807, 2.05) is 13.0 Å². The third-order valence-corrected chi connectivity index (χ3v) is 2.08. The van der Waals surface area contributed by atoms with Crippen molar-refractivity contribution in [3.05, 3.63) is 36.1 Å². The summed E-state index contributed by atoms with van der Waals surface area (Å²) in [5.41, 5.74) is 1.18. The first kappa shape index (κ1) is 11.1. The summed E-state index contributed by atoms with van der Waals surface area (Å²) in [7, 11) is 0. The second-order valence-corrected chi connectivity index (χ2v) is 3.21. The number of allylic oxidation sites excluding steroid dienone is 4. The predicted molar refractivity (Wildman–Crippen MR) is 58.0 cm³/mol. The Hall–Kier alpha value is -1.02. The van der Waals surface area contributed by atoms with Gasteiger partial charge in [-0.1, -0.05) is 25.7 Å². The van der Waals surface area contributed by atoms with Crippen molar-refractivity contribution < 1.29 is 9.47 Å². The largest absolute Gasteiger partial charge is 0.491 e. The highest BCUT2D eigenvalue weighted by molar-refractivity contribution is 5.27. The van der Waals surface area contributed by atoms with Crippen molar-refractivity contribution in [3.8, 4) is 0 Å². The van der Waals surface area contributed by atoms with Crippen LogP contribution in [0.25, 0.3) is 0 Å². The van der Waals surface area contributed by atoms with Gasteiger partial charge in [-0.05, 0) is 25.0 Å². The monoisotopic (exact) mass is 194 g/mol. The Bertz CT molecular complexity index is 247. The topological polar surface area (TPSA) is 21.8 Å². The fourth-order valence-electron chi connectivity index (χ4n) is 1.21. The molecule has 0 spiro atoms. The first-order chi connectivity index (χ1) is 6.81. The molecule has 1 aliphatic rings. The van der Waals surface area contributed by atoms with Crippen molar-refractivity contribution in [2.45, 2.75) is 26.4 Å². The van der Waals surface area contributed by atoms with Crippen molar-refractivity contribution >= 4 is 0 Å². The van der Waals surface area contributed by atoms with Crippen molar-refractivity contribution in [3.63, 3.8) is 0 Å². The molecule has 2 heteroatoms. The summed E-state index contributed by atoms with van der Waals surface area (Å²) in [5.74, 6) is 0.876. The standard InChI is InChI=1S/C12H18O2/c1-4-7-10(5-2)12(6-3)14-9-11-8-13-11/h4,6-7,11H,3,5,8-9H2,1-2H3/b7-4-,12-10+. The van der Waals surface area contributed by atoms with Gasteiger partial charge in [0.05, 0.1) is 6.61 Å². The van der Waals surface area contributed by atoms with Crippen LogP contribution in [-0.2, 0) is 9.47 Å². The molecule has 14 heavy (non-hydrogen) atoms. The van der Waals surface area contributed by atoms with E-state index in [0.29, 0.717) is 12.7 Å². The molecule has 0 aliphatic carbocycles. The minimum absolute atomic E-state index is 0.300. The second-order valence-electron chi connectivity index (χ2n) is 3.21. The van der Waals surface area contributed by atoms with Crippen LogP contribution in [0.1, 0.15) is 20.3 Å². The Labute approximate surface area is 85.9 Å². The lowest BCUT2D eigenvalue weighted by Gasteiger charge is -2.08. The number of rotatable bonds is 6. The molecule has 1 saturated heterocycles. The Kier molecular flexibility index (Phi) is 4.47. The number of epoxide rings is 1. The van der Waals surface area contributed by atoms with Crippen LogP contribution < -0.4 is 0 Å². The molecule has 0 saturated carbocycles. The third kappa shape index (κ3) is 3.38. The molecule has 1 aliphatic heterocycles. The van der Waals surface area contributed by atoms with Gasteiger partial charge in [0.2, 0.25) is 0 Å². The molecule has 0 aromatic carbocycles. The molecule has 0 amide bonds. The number of hydrogen-bond acceptors (Lipinski definition) is 2. The maximum atomic E-state index is 5.61. The van der Waals surface area contributed by atoms with E-state index < -0.39 is 0 Å². The summed E-state index contributed by atoms with van der Waals surface area (Å²) >= 11 is 0. The summed E-state index contributed by atoms with van der Waals surface area (Å²) in [6.45, 7) is 9.33. The lowest BCUT2D eigenvalue weighted by atomic mass is 10.1. The third-order valence-electron chi connectivity index (χ3n) is 2.08. The average molecular weight is 194 g/mol. The fourth-order valence-corrected chi connectivity index (χ4v) is 1.21. The van der Waals surface area contributed by atoms with E-state index in [0.717, 1.165) is 18.8 Å². The molecule has 2 nitrogen and oxygen atoms in total. The Balaban J connectivity index is 2.57. The molecular weight excluding hydrogens is 176 g/mol. The summed E-state index contributed by atoms with van der Waals surface area (Å²) in [6, 6.07) is 0. The average Bonchev–Trinajstić information content (AvgIpc) is 3.00. The maximum Gasteiger partial charge on any atom is 0.122 e. The Morgan fingerprint density at radius 3 is 2.79 bits per heavy atom. The van der Waals surface area contributed by atoms with Gasteiger partial charge in [0, 0.05) is 0 Å². The van der Waals surface area contributed by atoms with E-state index in [4.69, 9.17) is 9.47 Å². The van der Waals surface area contributed by atoms with Gasteiger partial charge in [-0.2, -0.15) is 0 Å². The minimum atomic E-state index is 0.300. The molecular formula is C12H18O2. The van der Waals surface area contributed by atoms with Crippen molar-refractivity contribution in [2.75, 3.05) is 13.2 Å². The van der Waals surface area contributed by atoms with E-state index in [2.05, 4.69) is 19.6 Å². The predicted octanol–water partition coefficient (Wildman–Crippen LogP) is 2.83. The van der Waals surface area contributed by atoms with E-state index in [-0.39, 0.29) is 0 Å². The summed E-state index contributed by atoms with van der Waals surface area (Å²) < 4.78 is 10.7. The highest BCUT2D eigenvalue weighted by Gasteiger charge is 2.23. The van der Waals surface area contributed by atoms with E-state index in [9.17, 15) is 0 Å². The molecule has 1 atom stereocenters. The van der Waals surface area contributed by atoms with Gasteiger partial charge in [0.1, 0.15) is 18.5 Å². The lowest BCUT2D eigenvalue weighted by molar-refractivity contribution is 0.190. The molecule has 1 unspecified atom stereocenters. The van der Waals surface area contributed by atoms with Crippen LogP contribution in [-0.4, -0.2) is 19.3 Å². The molecule has 0 aromatic heterocycles. The molecule has 0 bridgehead atoms. The van der Waals surface area contributed by atoms with Crippen LogP contribution in [0.5, 0.6) is 0 Å². The first-order valence-corrected chi connectivity index (χ1v) is 5.04. The SMILES string of the molecule is C=C/C(OCC1CO1)=C(\C=C/C)CC. The Morgan fingerprint density at radius 1 is 1.64 bits per heavy atom. The minimum Gasteiger partial charge on any atom is -0.491 e. The molecule has 1 rings (SSSR count). The van der Waals surface area contributed by atoms with Gasteiger partial charge in [0.25, 0.3) is 0 Å². The van der Waals surface area contributed by atoms with Gasteiger partial charge in [-0.3, -0.25) is 0 Å². The van der Waals surface area contributed by atoms with Crippen molar-refractivity contribution in [1.29, 1.82) is 0 Å². The van der Waals surface area contributed by atoms with Gasteiger partial charge in [0.15, 0.2) is 0 Å². The lowest BCUT2D eigenvalue weighted by Crippen LogP contribution is -2.01. The molecule has 1 heterocycles.